The number of nitrogens with zero attached hydrogens (tertiary/aromatic N) is 1. The lowest BCUT2D eigenvalue weighted by Gasteiger charge is -2.24. The Bertz CT molecular complexity index is 632. The number of nitrogens with one attached hydrogen (secondary N) is 2. The molecule has 2 rings (SSSR count). The van der Waals surface area contributed by atoms with Crippen molar-refractivity contribution in [1.82, 2.24) is 5.32 Å². The second-order valence-electron chi connectivity index (χ2n) is 7.55. The Morgan fingerprint density at radius 2 is 1.96 bits per heavy atom. The molecule has 1 aromatic carbocycles. The Morgan fingerprint density at radius 3 is 2.57 bits per heavy atom. The molecule has 0 unspecified atom stereocenters. The maximum Gasteiger partial charge on any atom is 0.319 e. The topological polar surface area (TPSA) is 70.7 Å². The number of carbonyl (C=O) groups excluding carboxylic acids is 2. The van der Waals surface area contributed by atoms with E-state index in [0.717, 1.165) is 0 Å². The van der Waals surface area contributed by atoms with Crippen LogP contribution in [0.1, 0.15) is 34.6 Å². The van der Waals surface area contributed by atoms with Gasteiger partial charge in [-0.15, -0.1) is 0 Å². The minimum atomic E-state index is -0.592. The third-order valence-corrected chi connectivity index (χ3v) is 3.54. The summed E-state index contributed by atoms with van der Waals surface area (Å²) in [6.07, 6.45) is 0. The fourth-order valence-corrected chi connectivity index (χ4v) is 2.37. The van der Waals surface area contributed by atoms with Crippen molar-refractivity contribution in [1.29, 1.82) is 0 Å². The SMILES string of the molecule is CN1C(=O)C(C)(C)COc2ccc(NC(=O)NC(C)(C)C)cc21. The first-order valence-electron chi connectivity index (χ1n) is 7.64. The highest BCUT2D eigenvalue weighted by atomic mass is 16.5. The van der Waals surface area contributed by atoms with Crippen LogP contribution in [0.25, 0.3) is 0 Å². The molecule has 3 amide bonds. The first-order valence-corrected chi connectivity index (χ1v) is 7.64. The Balaban J connectivity index is 2.24. The largest absolute Gasteiger partial charge is 0.490 e. The smallest absolute Gasteiger partial charge is 0.319 e. The van der Waals surface area contributed by atoms with Crippen molar-refractivity contribution in [3.05, 3.63) is 18.2 Å². The Kier molecular flexibility index (Phi) is 4.28. The molecule has 2 N–H and O–H groups in total. The summed E-state index contributed by atoms with van der Waals surface area (Å²) >= 11 is 0. The molecule has 1 aliphatic rings. The van der Waals surface area contributed by atoms with Gasteiger partial charge in [-0.2, -0.15) is 0 Å². The lowest BCUT2D eigenvalue weighted by atomic mass is 9.93. The van der Waals surface area contributed by atoms with Crippen LogP contribution in [0.2, 0.25) is 0 Å². The summed E-state index contributed by atoms with van der Waals surface area (Å²) in [5.74, 6) is 0.612. The quantitative estimate of drug-likeness (QED) is 0.836. The standard InChI is InChI=1S/C17H25N3O3/c1-16(2,3)19-15(22)18-11-7-8-13-12(9-11)20(6)14(21)17(4,5)10-23-13/h7-9H,10H2,1-6H3,(H2,18,19,22). The summed E-state index contributed by atoms with van der Waals surface area (Å²) < 4.78 is 5.75. The highest BCUT2D eigenvalue weighted by molar-refractivity contribution is 6.00. The van der Waals surface area contributed by atoms with E-state index in [0.29, 0.717) is 23.7 Å². The van der Waals surface area contributed by atoms with E-state index < -0.39 is 5.41 Å². The predicted molar refractivity (Wildman–Crippen MR) is 91.0 cm³/mol. The van der Waals surface area contributed by atoms with Gasteiger partial charge in [0.1, 0.15) is 12.4 Å². The molecule has 6 heteroatoms. The zero-order valence-electron chi connectivity index (χ0n) is 14.6. The van der Waals surface area contributed by atoms with Crippen molar-refractivity contribution in [2.75, 3.05) is 23.9 Å². The van der Waals surface area contributed by atoms with E-state index >= 15 is 0 Å². The van der Waals surface area contributed by atoms with Crippen LogP contribution in [-0.4, -0.2) is 31.1 Å². The van der Waals surface area contributed by atoms with Gasteiger partial charge in [0.25, 0.3) is 0 Å². The Morgan fingerprint density at radius 1 is 1.30 bits per heavy atom. The van der Waals surface area contributed by atoms with E-state index in [2.05, 4.69) is 10.6 Å². The van der Waals surface area contributed by atoms with Crippen molar-refractivity contribution in [3.8, 4) is 5.75 Å². The van der Waals surface area contributed by atoms with Gasteiger partial charge in [0.15, 0.2) is 0 Å². The minimum absolute atomic E-state index is 0.0208. The van der Waals surface area contributed by atoms with Gasteiger partial charge >= 0.3 is 6.03 Å². The van der Waals surface area contributed by atoms with Crippen molar-refractivity contribution in [2.24, 2.45) is 5.41 Å². The number of benzene rings is 1. The number of anilines is 2. The molecule has 1 heterocycles. The van der Waals surface area contributed by atoms with Gasteiger partial charge in [0.2, 0.25) is 5.91 Å². The molecule has 126 valence electrons. The van der Waals surface area contributed by atoms with E-state index in [-0.39, 0.29) is 17.5 Å². The number of urea groups is 1. The molecular weight excluding hydrogens is 294 g/mol. The molecule has 0 saturated carbocycles. The molecule has 0 bridgehead atoms. The van der Waals surface area contributed by atoms with Crippen LogP contribution in [-0.2, 0) is 4.79 Å². The normalized spacial score (nSPS) is 17.0. The zero-order chi connectivity index (χ0) is 17.4. The highest BCUT2D eigenvalue weighted by Gasteiger charge is 2.36. The maximum atomic E-state index is 12.5. The van der Waals surface area contributed by atoms with Crippen molar-refractivity contribution in [3.63, 3.8) is 0 Å². The predicted octanol–water partition coefficient (Wildman–Crippen LogP) is 2.99. The highest BCUT2D eigenvalue weighted by Crippen LogP contribution is 2.37. The van der Waals surface area contributed by atoms with E-state index in [9.17, 15) is 9.59 Å². The number of rotatable bonds is 1. The molecule has 6 nitrogen and oxygen atoms in total. The fourth-order valence-electron chi connectivity index (χ4n) is 2.37. The molecule has 1 aromatic rings. The lowest BCUT2D eigenvalue weighted by molar-refractivity contribution is -0.127. The molecular formula is C17H25N3O3. The fraction of sp³-hybridized carbons (Fsp3) is 0.529. The zero-order valence-corrected chi connectivity index (χ0v) is 14.6. The summed E-state index contributed by atoms with van der Waals surface area (Å²) in [6, 6.07) is 4.99. The Labute approximate surface area is 137 Å². The number of fused-ring (bicyclic) bond motifs is 1. The van der Waals surface area contributed by atoms with E-state index in [1.807, 2.05) is 34.6 Å². The van der Waals surface area contributed by atoms with Crippen LogP contribution in [0.4, 0.5) is 16.2 Å². The lowest BCUT2D eigenvalue weighted by Crippen LogP contribution is -2.43. The molecule has 0 atom stereocenters. The van der Waals surface area contributed by atoms with E-state index in [1.165, 1.54) is 0 Å². The Hall–Kier alpha value is -2.24. The molecule has 0 spiro atoms. The number of amides is 3. The first-order chi connectivity index (χ1) is 10.5. The number of carbonyl (C=O) groups is 2. The number of hydrogen-bond acceptors (Lipinski definition) is 3. The van der Waals surface area contributed by atoms with Crippen LogP contribution in [0, 0.1) is 5.41 Å². The molecule has 0 aliphatic carbocycles. The monoisotopic (exact) mass is 319 g/mol. The molecule has 1 aliphatic heterocycles. The van der Waals surface area contributed by atoms with E-state index in [4.69, 9.17) is 4.74 Å². The van der Waals surface area contributed by atoms with Gasteiger partial charge in [-0.25, -0.2) is 4.79 Å². The van der Waals surface area contributed by atoms with Crippen LogP contribution in [0.15, 0.2) is 18.2 Å². The van der Waals surface area contributed by atoms with Gasteiger partial charge < -0.3 is 20.3 Å². The summed E-state index contributed by atoms with van der Waals surface area (Å²) in [4.78, 5) is 26.1. The summed E-state index contributed by atoms with van der Waals surface area (Å²) in [5, 5.41) is 5.61. The average molecular weight is 319 g/mol. The summed E-state index contributed by atoms with van der Waals surface area (Å²) in [6.45, 7) is 9.76. The van der Waals surface area contributed by atoms with Gasteiger partial charge in [-0.3, -0.25) is 4.79 Å². The third-order valence-electron chi connectivity index (χ3n) is 3.54. The third kappa shape index (κ3) is 3.94. The van der Waals surface area contributed by atoms with Crippen LogP contribution < -0.4 is 20.3 Å². The maximum absolute atomic E-state index is 12.5. The number of ether oxygens (including phenoxy) is 1. The van der Waals surface area contributed by atoms with Gasteiger partial charge in [0, 0.05) is 18.3 Å². The average Bonchev–Trinajstić information content (AvgIpc) is 2.48. The van der Waals surface area contributed by atoms with Crippen LogP contribution in [0.5, 0.6) is 5.75 Å². The molecule has 0 radical (unpaired) electrons. The van der Waals surface area contributed by atoms with Crippen LogP contribution >= 0.6 is 0 Å². The van der Waals surface area contributed by atoms with E-state index in [1.54, 1.807) is 30.1 Å². The molecule has 0 aromatic heterocycles. The number of hydrogen-bond donors (Lipinski definition) is 2. The van der Waals surface area contributed by atoms with Gasteiger partial charge in [0.05, 0.1) is 11.1 Å². The molecule has 23 heavy (non-hydrogen) atoms. The van der Waals surface area contributed by atoms with Crippen molar-refractivity contribution < 1.29 is 14.3 Å². The summed E-state index contributed by atoms with van der Waals surface area (Å²) in [5.41, 5.74) is 0.336. The minimum Gasteiger partial charge on any atom is -0.490 e. The molecule has 0 saturated heterocycles. The summed E-state index contributed by atoms with van der Waals surface area (Å²) in [7, 11) is 1.72. The second kappa shape index (κ2) is 5.76. The van der Waals surface area contributed by atoms with Crippen molar-refractivity contribution in [2.45, 2.75) is 40.2 Å². The first kappa shape index (κ1) is 17.1. The second-order valence-corrected chi connectivity index (χ2v) is 7.55. The van der Waals surface area contributed by atoms with Crippen LogP contribution in [0.3, 0.4) is 0 Å². The van der Waals surface area contributed by atoms with Gasteiger partial charge in [-0.1, -0.05) is 0 Å². The molecule has 0 fully saturated rings. The van der Waals surface area contributed by atoms with Gasteiger partial charge in [-0.05, 0) is 52.8 Å². The van der Waals surface area contributed by atoms with Crippen molar-refractivity contribution >= 4 is 23.3 Å².